The van der Waals surface area contributed by atoms with Gasteiger partial charge in [-0.25, -0.2) is 4.99 Å². The van der Waals surface area contributed by atoms with Gasteiger partial charge in [-0.2, -0.15) is 9.97 Å². The van der Waals surface area contributed by atoms with E-state index in [1.54, 1.807) is 14.0 Å². The maximum Gasteiger partial charge on any atom is 0.226 e. The molecule has 0 saturated heterocycles. The number of rotatable bonds is 3. The van der Waals surface area contributed by atoms with E-state index in [1.807, 2.05) is 0 Å². The highest BCUT2D eigenvalue weighted by molar-refractivity contribution is 5.99. The lowest BCUT2D eigenvalue weighted by Gasteiger charge is -2.23. The fraction of sp³-hybridized carbons (Fsp3) is 0.500. The Morgan fingerprint density at radius 1 is 1.44 bits per heavy atom. The van der Waals surface area contributed by atoms with Gasteiger partial charge in [0.15, 0.2) is 11.6 Å². The number of hydrogen-bond donors (Lipinski definition) is 5. The van der Waals surface area contributed by atoms with E-state index >= 15 is 0 Å². The molecular formula is C10H17N7O. The van der Waals surface area contributed by atoms with Crippen molar-refractivity contribution in [1.82, 2.24) is 9.97 Å². The number of nitrogen functional groups attached to an aromatic ring is 1. The zero-order valence-corrected chi connectivity index (χ0v) is 10.3. The molecule has 0 spiro atoms. The van der Waals surface area contributed by atoms with Crippen LogP contribution in [0.3, 0.4) is 0 Å². The Bertz CT molecular complexity index is 485. The summed E-state index contributed by atoms with van der Waals surface area (Å²) < 4.78 is 0. The monoisotopic (exact) mass is 251 g/mol. The zero-order chi connectivity index (χ0) is 13.3. The smallest absolute Gasteiger partial charge is 0.226 e. The molecule has 98 valence electrons. The molecule has 8 nitrogen and oxygen atoms in total. The Balaban J connectivity index is 2.40. The van der Waals surface area contributed by atoms with Crippen LogP contribution in [0.5, 0.6) is 0 Å². The molecule has 7 N–H and O–H groups in total. The van der Waals surface area contributed by atoms with Gasteiger partial charge in [0.25, 0.3) is 0 Å². The number of hydrogen-bond acceptors (Lipinski definition) is 8. The Labute approximate surface area is 105 Å². The van der Waals surface area contributed by atoms with Gasteiger partial charge in [-0.3, -0.25) is 0 Å². The molecule has 2 rings (SSSR count). The fourth-order valence-electron chi connectivity index (χ4n) is 1.65. The molecule has 2 unspecified atom stereocenters. The second-order valence-electron chi connectivity index (χ2n) is 4.14. The summed E-state index contributed by atoms with van der Waals surface area (Å²) in [5.74, 6) is 1.23. The third-order valence-electron chi connectivity index (χ3n) is 2.67. The molecule has 0 radical (unpaired) electrons. The number of nitrogens with one attached hydrogen (secondary N) is 2. The summed E-state index contributed by atoms with van der Waals surface area (Å²) in [6.45, 7) is 2.10. The maximum atomic E-state index is 9.88. The Hall–Kier alpha value is -1.93. The van der Waals surface area contributed by atoms with Crippen LogP contribution in [0.2, 0.25) is 0 Å². The van der Waals surface area contributed by atoms with Gasteiger partial charge in [0, 0.05) is 13.1 Å². The molecule has 0 fully saturated rings. The van der Waals surface area contributed by atoms with Gasteiger partial charge in [-0.1, -0.05) is 0 Å². The largest absolute Gasteiger partial charge is 0.385 e. The number of anilines is 3. The summed E-state index contributed by atoms with van der Waals surface area (Å²) in [7, 11) is 1.71. The minimum atomic E-state index is -0.811. The average Bonchev–Trinajstić information content (AvgIpc) is 2.37. The minimum Gasteiger partial charge on any atom is -0.385 e. The number of aromatic nitrogens is 2. The van der Waals surface area contributed by atoms with Crippen LogP contribution < -0.4 is 22.1 Å². The van der Waals surface area contributed by atoms with Crippen LogP contribution in [0.15, 0.2) is 4.99 Å². The van der Waals surface area contributed by atoms with Crippen LogP contribution in [0, 0.1) is 0 Å². The van der Waals surface area contributed by atoms with Crippen molar-refractivity contribution < 1.29 is 5.11 Å². The quantitative estimate of drug-likeness (QED) is 0.479. The highest BCUT2D eigenvalue weighted by Gasteiger charge is 2.23. The first kappa shape index (κ1) is 12.5. The molecular weight excluding hydrogens is 234 g/mol. The number of fused-ring (bicyclic) bond motifs is 1. The summed E-state index contributed by atoms with van der Waals surface area (Å²) in [6.07, 6.45) is -0.811. The first-order valence-corrected chi connectivity index (χ1v) is 5.63. The molecule has 0 aromatic carbocycles. The number of nitrogens with two attached hydrogens (primary N) is 2. The van der Waals surface area contributed by atoms with Crippen LogP contribution in [0.25, 0.3) is 0 Å². The van der Waals surface area contributed by atoms with Gasteiger partial charge in [-0.05, 0) is 6.92 Å². The van der Waals surface area contributed by atoms with Gasteiger partial charge >= 0.3 is 0 Å². The van der Waals surface area contributed by atoms with Gasteiger partial charge < -0.3 is 27.2 Å². The van der Waals surface area contributed by atoms with Crippen molar-refractivity contribution in [2.24, 2.45) is 10.7 Å². The van der Waals surface area contributed by atoms with Crippen molar-refractivity contribution in [1.29, 1.82) is 0 Å². The van der Waals surface area contributed by atoms with E-state index in [4.69, 9.17) is 11.5 Å². The van der Waals surface area contributed by atoms with Crippen molar-refractivity contribution in [3.63, 3.8) is 0 Å². The van der Waals surface area contributed by atoms with Crippen molar-refractivity contribution in [3.8, 4) is 0 Å². The molecule has 1 aromatic heterocycles. The second kappa shape index (κ2) is 4.75. The SMILES string of the molecule is CNc1nc(N)c2c(n1)NCC(C(O)C(C)N)=N2. The Kier molecular flexibility index (Phi) is 3.30. The van der Waals surface area contributed by atoms with E-state index < -0.39 is 12.1 Å². The Morgan fingerprint density at radius 2 is 2.17 bits per heavy atom. The fourth-order valence-corrected chi connectivity index (χ4v) is 1.65. The van der Waals surface area contributed by atoms with Crippen molar-refractivity contribution >= 4 is 29.0 Å². The first-order chi connectivity index (χ1) is 8.52. The van der Waals surface area contributed by atoms with Crippen LogP contribution in [-0.4, -0.2) is 46.5 Å². The lowest BCUT2D eigenvalue weighted by Crippen LogP contribution is -2.42. The van der Waals surface area contributed by atoms with Crippen molar-refractivity contribution in [3.05, 3.63) is 0 Å². The predicted molar refractivity (Wildman–Crippen MR) is 71.2 cm³/mol. The van der Waals surface area contributed by atoms with E-state index in [0.29, 0.717) is 29.7 Å². The predicted octanol–water partition coefficient (Wildman–Crippen LogP) is -0.693. The molecule has 0 aliphatic carbocycles. The summed E-state index contributed by atoms with van der Waals surface area (Å²) >= 11 is 0. The van der Waals surface area contributed by atoms with E-state index in [2.05, 4.69) is 25.6 Å². The molecule has 1 aliphatic heterocycles. The van der Waals surface area contributed by atoms with Gasteiger partial charge in [-0.15, -0.1) is 0 Å². The maximum absolute atomic E-state index is 9.88. The van der Waals surface area contributed by atoms with Crippen molar-refractivity contribution in [2.75, 3.05) is 30.0 Å². The van der Waals surface area contributed by atoms with Gasteiger partial charge in [0.05, 0.1) is 12.3 Å². The normalized spacial score (nSPS) is 17.2. The number of nitrogens with zero attached hydrogens (tertiary/aromatic N) is 3. The lowest BCUT2D eigenvalue weighted by atomic mass is 10.1. The van der Waals surface area contributed by atoms with Gasteiger partial charge in [0.2, 0.25) is 5.95 Å². The number of aliphatic hydroxyl groups excluding tert-OH is 1. The van der Waals surface area contributed by atoms with Crippen LogP contribution >= 0.6 is 0 Å². The number of aliphatic hydroxyl groups is 1. The van der Waals surface area contributed by atoms with E-state index in [0.717, 1.165) is 0 Å². The summed E-state index contributed by atoms with van der Waals surface area (Å²) in [4.78, 5) is 12.5. The van der Waals surface area contributed by atoms with E-state index in [1.165, 1.54) is 0 Å². The highest BCUT2D eigenvalue weighted by Crippen LogP contribution is 2.32. The highest BCUT2D eigenvalue weighted by atomic mass is 16.3. The van der Waals surface area contributed by atoms with Gasteiger partial charge in [0.1, 0.15) is 11.8 Å². The molecule has 8 heteroatoms. The van der Waals surface area contributed by atoms with E-state index in [9.17, 15) is 5.11 Å². The average molecular weight is 251 g/mol. The van der Waals surface area contributed by atoms with E-state index in [-0.39, 0.29) is 5.82 Å². The molecule has 1 aromatic rings. The standard InChI is InChI=1S/C10H17N7O/c1-4(11)7(18)5-3-14-9-6(15-5)8(12)16-10(13-2)17-9/h4,7,18H,3,11H2,1-2H3,(H4,12,13,14,16,17). The summed E-state index contributed by atoms with van der Waals surface area (Å²) in [6, 6.07) is -0.397. The summed E-state index contributed by atoms with van der Waals surface area (Å²) in [5.41, 5.74) is 12.4. The van der Waals surface area contributed by atoms with Crippen LogP contribution in [0.4, 0.5) is 23.3 Å². The van der Waals surface area contributed by atoms with Crippen LogP contribution in [-0.2, 0) is 0 Å². The molecule has 0 bridgehead atoms. The zero-order valence-electron chi connectivity index (χ0n) is 10.3. The topological polar surface area (TPSA) is 134 Å². The van der Waals surface area contributed by atoms with Crippen molar-refractivity contribution in [2.45, 2.75) is 19.1 Å². The molecule has 1 aliphatic rings. The molecule has 0 amide bonds. The molecule has 2 atom stereocenters. The molecule has 0 saturated carbocycles. The Morgan fingerprint density at radius 3 is 2.78 bits per heavy atom. The number of aliphatic imine (C=N–C) groups is 1. The third kappa shape index (κ3) is 2.20. The molecule has 18 heavy (non-hydrogen) atoms. The van der Waals surface area contributed by atoms with Crippen LogP contribution in [0.1, 0.15) is 6.92 Å². The minimum absolute atomic E-state index is 0.255. The lowest BCUT2D eigenvalue weighted by molar-refractivity contribution is 0.215. The summed E-state index contributed by atoms with van der Waals surface area (Å²) in [5, 5.41) is 15.7. The third-order valence-corrected chi connectivity index (χ3v) is 2.67. The second-order valence-corrected chi connectivity index (χ2v) is 4.14. The molecule has 2 heterocycles. The first-order valence-electron chi connectivity index (χ1n) is 5.63.